The zero-order valence-corrected chi connectivity index (χ0v) is 10.3. The third-order valence-corrected chi connectivity index (χ3v) is 2.14. The fourth-order valence-electron chi connectivity index (χ4n) is 1.29. The summed E-state index contributed by atoms with van der Waals surface area (Å²) in [4.78, 5) is 3.83. The van der Waals surface area contributed by atoms with Crippen LogP contribution in [0.25, 0.3) is 0 Å². The quantitative estimate of drug-likeness (QED) is 0.630. The lowest BCUT2D eigenvalue weighted by atomic mass is 10.3. The molecule has 0 aromatic carbocycles. The van der Waals surface area contributed by atoms with Gasteiger partial charge in [0.05, 0.1) is 12.6 Å². The van der Waals surface area contributed by atoms with Crippen LogP contribution in [-0.4, -0.2) is 35.5 Å². The van der Waals surface area contributed by atoms with Crippen LogP contribution in [0.2, 0.25) is 0 Å². The SMILES string of the molecule is CN=C(NCCC(F)(F)F)NCc1cnn(C)c1. The van der Waals surface area contributed by atoms with Crippen molar-refractivity contribution in [2.45, 2.75) is 19.1 Å². The average Bonchev–Trinajstić information content (AvgIpc) is 2.67. The second-order valence-corrected chi connectivity index (χ2v) is 3.74. The lowest BCUT2D eigenvalue weighted by Crippen LogP contribution is -2.38. The summed E-state index contributed by atoms with van der Waals surface area (Å²) in [5.74, 6) is 0.336. The highest BCUT2D eigenvalue weighted by atomic mass is 19.4. The van der Waals surface area contributed by atoms with E-state index in [2.05, 4.69) is 20.7 Å². The monoisotopic (exact) mass is 263 g/mol. The average molecular weight is 263 g/mol. The minimum absolute atomic E-state index is 0.198. The number of hydrogen-bond donors (Lipinski definition) is 2. The number of hydrogen-bond acceptors (Lipinski definition) is 2. The maximum absolute atomic E-state index is 12.0. The summed E-state index contributed by atoms with van der Waals surface area (Å²) in [5, 5.41) is 9.48. The van der Waals surface area contributed by atoms with Crippen LogP contribution in [0, 0.1) is 0 Å². The van der Waals surface area contributed by atoms with Gasteiger partial charge in [-0.05, 0) is 0 Å². The van der Waals surface area contributed by atoms with Gasteiger partial charge in [-0.2, -0.15) is 18.3 Å². The summed E-state index contributed by atoms with van der Waals surface area (Å²) in [6.07, 6.45) is -1.55. The Labute approximate surface area is 103 Å². The molecule has 18 heavy (non-hydrogen) atoms. The molecular weight excluding hydrogens is 247 g/mol. The fourth-order valence-corrected chi connectivity index (χ4v) is 1.29. The van der Waals surface area contributed by atoms with Crippen molar-refractivity contribution in [2.75, 3.05) is 13.6 Å². The van der Waals surface area contributed by atoms with Crippen LogP contribution in [0.15, 0.2) is 17.4 Å². The third kappa shape index (κ3) is 5.55. The lowest BCUT2D eigenvalue weighted by molar-refractivity contribution is -0.132. The van der Waals surface area contributed by atoms with E-state index in [-0.39, 0.29) is 6.54 Å². The number of aromatic nitrogens is 2. The van der Waals surface area contributed by atoms with Crippen molar-refractivity contribution in [3.8, 4) is 0 Å². The molecule has 0 aliphatic rings. The first-order chi connectivity index (χ1) is 8.40. The largest absolute Gasteiger partial charge is 0.390 e. The molecule has 0 fully saturated rings. The predicted octanol–water partition coefficient (Wildman–Crippen LogP) is 1.04. The van der Waals surface area contributed by atoms with Gasteiger partial charge >= 0.3 is 6.18 Å². The second-order valence-electron chi connectivity index (χ2n) is 3.74. The van der Waals surface area contributed by atoms with Gasteiger partial charge in [0.15, 0.2) is 5.96 Å². The van der Waals surface area contributed by atoms with E-state index >= 15 is 0 Å². The van der Waals surface area contributed by atoms with Crippen LogP contribution in [-0.2, 0) is 13.6 Å². The number of nitrogens with one attached hydrogen (secondary N) is 2. The van der Waals surface area contributed by atoms with Gasteiger partial charge in [-0.1, -0.05) is 0 Å². The van der Waals surface area contributed by atoms with E-state index in [1.807, 2.05) is 6.20 Å². The Balaban J connectivity index is 2.30. The van der Waals surface area contributed by atoms with E-state index in [1.54, 1.807) is 17.9 Å². The number of aryl methyl sites for hydroxylation is 1. The minimum Gasteiger partial charge on any atom is -0.356 e. The van der Waals surface area contributed by atoms with Crippen LogP contribution >= 0.6 is 0 Å². The number of nitrogens with zero attached hydrogens (tertiary/aromatic N) is 3. The van der Waals surface area contributed by atoms with Gasteiger partial charge in [0, 0.05) is 38.9 Å². The first kappa shape index (κ1) is 14.3. The molecule has 102 valence electrons. The van der Waals surface area contributed by atoms with E-state index in [0.29, 0.717) is 12.5 Å². The molecule has 1 aromatic rings. The molecule has 0 saturated heterocycles. The number of aliphatic imine (C=N–C) groups is 1. The van der Waals surface area contributed by atoms with Gasteiger partial charge in [-0.25, -0.2) is 0 Å². The summed E-state index contributed by atoms with van der Waals surface area (Å²) in [5.41, 5.74) is 0.927. The topological polar surface area (TPSA) is 54.2 Å². The Kier molecular flexibility index (Phi) is 4.99. The highest BCUT2D eigenvalue weighted by Gasteiger charge is 2.26. The number of alkyl halides is 3. The number of halogens is 3. The zero-order chi connectivity index (χ0) is 13.6. The van der Waals surface area contributed by atoms with Crippen LogP contribution in [0.3, 0.4) is 0 Å². The first-order valence-corrected chi connectivity index (χ1v) is 5.39. The smallest absolute Gasteiger partial charge is 0.356 e. The molecule has 0 spiro atoms. The third-order valence-electron chi connectivity index (χ3n) is 2.14. The summed E-state index contributed by atoms with van der Waals surface area (Å²) in [7, 11) is 3.30. The van der Waals surface area contributed by atoms with Gasteiger partial charge in [-0.15, -0.1) is 0 Å². The molecule has 2 N–H and O–H groups in total. The Bertz CT molecular complexity index is 396. The van der Waals surface area contributed by atoms with Gasteiger partial charge in [0.1, 0.15) is 0 Å². The van der Waals surface area contributed by atoms with Crippen molar-refractivity contribution in [3.05, 3.63) is 18.0 Å². The normalized spacial score (nSPS) is 12.6. The Morgan fingerprint density at radius 1 is 1.44 bits per heavy atom. The van der Waals surface area contributed by atoms with Crippen molar-refractivity contribution in [2.24, 2.45) is 12.0 Å². The minimum atomic E-state index is -4.16. The number of rotatable bonds is 4. The van der Waals surface area contributed by atoms with Gasteiger partial charge in [0.25, 0.3) is 0 Å². The lowest BCUT2D eigenvalue weighted by Gasteiger charge is -2.12. The van der Waals surface area contributed by atoms with Gasteiger partial charge < -0.3 is 10.6 Å². The fraction of sp³-hybridized carbons (Fsp3) is 0.600. The van der Waals surface area contributed by atoms with Gasteiger partial charge in [-0.3, -0.25) is 9.67 Å². The van der Waals surface area contributed by atoms with Crippen molar-refractivity contribution in [3.63, 3.8) is 0 Å². The molecule has 0 aliphatic carbocycles. The molecule has 8 heteroatoms. The highest BCUT2D eigenvalue weighted by Crippen LogP contribution is 2.17. The van der Waals surface area contributed by atoms with Crippen molar-refractivity contribution in [1.29, 1.82) is 0 Å². The molecule has 0 aliphatic heterocycles. The van der Waals surface area contributed by atoms with Crippen LogP contribution in [0.5, 0.6) is 0 Å². The summed E-state index contributed by atoms with van der Waals surface area (Å²) < 4.78 is 37.5. The summed E-state index contributed by atoms with van der Waals surface area (Å²) >= 11 is 0. The Hall–Kier alpha value is -1.73. The van der Waals surface area contributed by atoms with E-state index < -0.39 is 12.6 Å². The highest BCUT2D eigenvalue weighted by molar-refractivity contribution is 5.79. The van der Waals surface area contributed by atoms with E-state index in [4.69, 9.17) is 0 Å². The van der Waals surface area contributed by atoms with Crippen LogP contribution in [0.1, 0.15) is 12.0 Å². The van der Waals surface area contributed by atoms with Gasteiger partial charge in [0.2, 0.25) is 0 Å². The van der Waals surface area contributed by atoms with Crippen molar-refractivity contribution >= 4 is 5.96 Å². The molecule has 5 nitrogen and oxygen atoms in total. The molecule has 0 bridgehead atoms. The Morgan fingerprint density at radius 2 is 2.17 bits per heavy atom. The van der Waals surface area contributed by atoms with Crippen molar-refractivity contribution < 1.29 is 13.2 Å². The maximum Gasteiger partial charge on any atom is 0.390 e. The maximum atomic E-state index is 12.0. The van der Waals surface area contributed by atoms with Crippen LogP contribution < -0.4 is 10.6 Å². The molecule has 1 heterocycles. The van der Waals surface area contributed by atoms with Crippen molar-refractivity contribution in [1.82, 2.24) is 20.4 Å². The molecule has 0 radical (unpaired) electrons. The molecule has 0 amide bonds. The molecule has 0 unspecified atom stereocenters. The van der Waals surface area contributed by atoms with Crippen LogP contribution in [0.4, 0.5) is 13.2 Å². The second kappa shape index (κ2) is 6.27. The molecule has 0 saturated carbocycles. The zero-order valence-electron chi connectivity index (χ0n) is 10.3. The standard InChI is InChI=1S/C10H16F3N5/c1-14-9(15-4-3-10(11,12)13)16-5-8-6-17-18(2)7-8/h6-7H,3-5H2,1-2H3,(H2,14,15,16). The summed E-state index contributed by atoms with van der Waals surface area (Å²) in [6, 6.07) is 0. The number of guanidine groups is 1. The van der Waals surface area contributed by atoms with E-state index in [0.717, 1.165) is 5.56 Å². The Morgan fingerprint density at radius 3 is 2.67 bits per heavy atom. The first-order valence-electron chi connectivity index (χ1n) is 5.39. The molecule has 1 aromatic heterocycles. The van der Waals surface area contributed by atoms with E-state index in [1.165, 1.54) is 7.05 Å². The molecule has 1 rings (SSSR count). The predicted molar refractivity (Wildman–Crippen MR) is 62.1 cm³/mol. The summed E-state index contributed by atoms with van der Waals surface area (Å²) in [6.45, 7) is 0.260. The molecular formula is C10H16F3N5. The van der Waals surface area contributed by atoms with E-state index in [9.17, 15) is 13.2 Å². The molecule has 0 atom stereocenters.